The van der Waals surface area contributed by atoms with Crippen molar-refractivity contribution in [1.82, 2.24) is 4.90 Å². The molecule has 1 saturated heterocycles. The van der Waals surface area contributed by atoms with E-state index >= 15 is 0 Å². The lowest BCUT2D eigenvalue weighted by Gasteiger charge is -2.36. The molecule has 1 fully saturated rings. The molecule has 78 valence electrons. The van der Waals surface area contributed by atoms with Gasteiger partial charge in [-0.1, -0.05) is 33.2 Å². The zero-order chi connectivity index (χ0) is 10.7. The summed E-state index contributed by atoms with van der Waals surface area (Å²) >= 11 is 3.40. The number of halogens is 1. The molecule has 0 N–H and O–H groups in total. The zero-order valence-electron chi connectivity index (χ0n) is 8.17. The third-order valence-electron chi connectivity index (χ3n) is 2.47. The predicted molar refractivity (Wildman–Crippen MR) is 62.4 cm³/mol. The van der Waals surface area contributed by atoms with Crippen LogP contribution in [0.1, 0.15) is 5.56 Å². The van der Waals surface area contributed by atoms with Crippen molar-refractivity contribution in [3.8, 4) is 0 Å². The van der Waals surface area contributed by atoms with Crippen LogP contribution in [-0.4, -0.2) is 24.0 Å². The molecule has 4 nitrogen and oxygen atoms in total. The highest BCUT2D eigenvalue weighted by molar-refractivity contribution is 9.10. The van der Waals surface area contributed by atoms with Crippen molar-refractivity contribution >= 4 is 15.9 Å². The van der Waals surface area contributed by atoms with Gasteiger partial charge >= 0.3 is 0 Å². The Morgan fingerprint density at radius 2 is 2.07 bits per heavy atom. The maximum atomic E-state index is 8.24. The minimum Gasteiger partial charge on any atom is -0.298 e. The minimum absolute atomic E-state index is 0.172. The smallest absolute Gasteiger partial charge is 0.0628 e. The average molecular weight is 267 g/mol. The van der Waals surface area contributed by atoms with E-state index in [2.05, 4.69) is 43.0 Å². The molecule has 1 aromatic carbocycles. The van der Waals surface area contributed by atoms with Gasteiger partial charge in [0.2, 0.25) is 0 Å². The number of rotatable bonds is 3. The first-order valence-electron chi connectivity index (χ1n) is 4.79. The van der Waals surface area contributed by atoms with Gasteiger partial charge < -0.3 is 0 Å². The summed E-state index contributed by atoms with van der Waals surface area (Å²) < 4.78 is 1.10. The highest BCUT2D eigenvalue weighted by atomic mass is 79.9. The number of nitrogens with zero attached hydrogens (tertiary/aromatic N) is 4. The first-order chi connectivity index (χ1) is 7.28. The highest BCUT2D eigenvalue weighted by Crippen LogP contribution is 2.17. The van der Waals surface area contributed by atoms with Crippen molar-refractivity contribution in [3.63, 3.8) is 0 Å². The number of benzene rings is 1. The van der Waals surface area contributed by atoms with Gasteiger partial charge in [0.1, 0.15) is 0 Å². The summed E-state index contributed by atoms with van der Waals surface area (Å²) in [5.41, 5.74) is 9.53. The lowest BCUT2D eigenvalue weighted by atomic mass is 10.1. The third-order valence-corrected chi connectivity index (χ3v) is 3.00. The van der Waals surface area contributed by atoms with Crippen molar-refractivity contribution in [2.45, 2.75) is 12.6 Å². The van der Waals surface area contributed by atoms with E-state index in [0.29, 0.717) is 0 Å². The molecule has 0 aliphatic carbocycles. The third kappa shape index (κ3) is 2.72. The Morgan fingerprint density at radius 3 is 2.67 bits per heavy atom. The van der Waals surface area contributed by atoms with Crippen molar-refractivity contribution in [2.75, 3.05) is 13.1 Å². The molecular formula is C10H11BrN4. The summed E-state index contributed by atoms with van der Waals surface area (Å²) in [6.07, 6.45) is 0. The fourth-order valence-electron chi connectivity index (χ4n) is 1.67. The van der Waals surface area contributed by atoms with Crippen LogP contribution in [0, 0.1) is 0 Å². The Bertz CT molecular complexity index is 377. The summed E-state index contributed by atoms with van der Waals surface area (Å²) in [5, 5.41) is 3.67. The van der Waals surface area contributed by atoms with Gasteiger partial charge in [-0.25, -0.2) is 0 Å². The largest absolute Gasteiger partial charge is 0.298 e. The molecule has 0 aromatic heterocycles. The van der Waals surface area contributed by atoms with Crippen LogP contribution < -0.4 is 0 Å². The fraction of sp³-hybridized carbons (Fsp3) is 0.400. The monoisotopic (exact) mass is 266 g/mol. The molecule has 1 aromatic rings. The molecule has 0 amide bonds. The summed E-state index contributed by atoms with van der Waals surface area (Å²) in [5.74, 6) is 0. The Hall–Kier alpha value is -1.03. The molecule has 5 heteroatoms. The Labute approximate surface area is 96.6 Å². The molecule has 0 saturated carbocycles. The quantitative estimate of drug-likeness (QED) is 0.472. The Kier molecular flexibility index (Phi) is 3.26. The molecule has 0 bridgehead atoms. The minimum atomic E-state index is 0.172. The van der Waals surface area contributed by atoms with E-state index in [1.807, 2.05) is 12.1 Å². The van der Waals surface area contributed by atoms with E-state index in [0.717, 1.165) is 24.1 Å². The normalized spacial score (nSPS) is 16.9. The van der Waals surface area contributed by atoms with E-state index in [9.17, 15) is 0 Å². The van der Waals surface area contributed by atoms with E-state index < -0.39 is 0 Å². The van der Waals surface area contributed by atoms with Gasteiger partial charge in [-0.3, -0.25) is 4.90 Å². The lowest BCUT2D eigenvalue weighted by Crippen LogP contribution is -2.48. The van der Waals surface area contributed by atoms with E-state index in [1.54, 1.807) is 0 Å². The predicted octanol–water partition coefficient (Wildman–Crippen LogP) is 2.94. The van der Waals surface area contributed by atoms with Gasteiger partial charge in [-0.05, 0) is 23.2 Å². The molecule has 1 aliphatic rings. The second kappa shape index (κ2) is 4.66. The van der Waals surface area contributed by atoms with Gasteiger partial charge in [0.25, 0.3) is 0 Å². The number of azide groups is 1. The SMILES string of the molecule is [N-]=[N+]=NC1CN(Cc2ccc(Br)cc2)C1. The second-order valence-corrected chi connectivity index (χ2v) is 4.59. The topological polar surface area (TPSA) is 52.0 Å². The molecule has 1 aliphatic heterocycles. The van der Waals surface area contributed by atoms with Crippen LogP contribution in [0.15, 0.2) is 33.9 Å². The van der Waals surface area contributed by atoms with Crippen LogP contribution >= 0.6 is 15.9 Å². The molecule has 1 heterocycles. The van der Waals surface area contributed by atoms with Crippen LogP contribution in [0.5, 0.6) is 0 Å². The van der Waals surface area contributed by atoms with Gasteiger partial charge in [0, 0.05) is 29.0 Å². The zero-order valence-corrected chi connectivity index (χ0v) is 9.76. The Morgan fingerprint density at radius 1 is 1.40 bits per heavy atom. The molecule has 15 heavy (non-hydrogen) atoms. The van der Waals surface area contributed by atoms with Crippen LogP contribution in [0.25, 0.3) is 10.4 Å². The van der Waals surface area contributed by atoms with Crippen LogP contribution in [0.3, 0.4) is 0 Å². The summed E-state index contributed by atoms with van der Waals surface area (Å²) in [7, 11) is 0. The maximum absolute atomic E-state index is 8.24. The summed E-state index contributed by atoms with van der Waals surface area (Å²) in [4.78, 5) is 5.07. The van der Waals surface area contributed by atoms with Gasteiger partial charge in [-0.15, -0.1) is 0 Å². The Balaban J connectivity index is 1.84. The first-order valence-corrected chi connectivity index (χ1v) is 5.58. The van der Waals surface area contributed by atoms with Crippen LogP contribution in [0.4, 0.5) is 0 Å². The van der Waals surface area contributed by atoms with Crippen molar-refractivity contribution in [1.29, 1.82) is 0 Å². The van der Waals surface area contributed by atoms with Crippen LogP contribution in [-0.2, 0) is 6.54 Å². The molecule has 2 rings (SSSR count). The van der Waals surface area contributed by atoms with Gasteiger partial charge in [-0.2, -0.15) is 0 Å². The van der Waals surface area contributed by atoms with E-state index in [1.165, 1.54) is 5.56 Å². The van der Waals surface area contributed by atoms with Crippen molar-refractivity contribution < 1.29 is 0 Å². The van der Waals surface area contributed by atoms with E-state index in [-0.39, 0.29) is 6.04 Å². The van der Waals surface area contributed by atoms with Gasteiger partial charge in [0.15, 0.2) is 0 Å². The summed E-state index contributed by atoms with van der Waals surface area (Å²) in [6, 6.07) is 8.46. The first kappa shape index (κ1) is 10.5. The second-order valence-electron chi connectivity index (χ2n) is 3.68. The number of hydrogen-bond donors (Lipinski definition) is 0. The average Bonchev–Trinajstić information content (AvgIpc) is 2.18. The molecular weight excluding hydrogens is 256 g/mol. The molecule has 0 radical (unpaired) electrons. The van der Waals surface area contributed by atoms with Gasteiger partial charge in [0.05, 0.1) is 6.04 Å². The van der Waals surface area contributed by atoms with Crippen molar-refractivity contribution in [2.24, 2.45) is 5.11 Å². The highest BCUT2D eigenvalue weighted by Gasteiger charge is 2.24. The fourth-order valence-corrected chi connectivity index (χ4v) is 1.93. The maximum Gasteiger partial charge on any atom is 0.0628 e. The molecule has 0 atom stereocenters. The summed E-state index contributed by atoms with van der Waals surface area (Å²) in [6.45, 7) is 2.69. The van der Waals surface area contributed by atoms with Crippen molar-refractivity contribution in [3.05, 3.63) is 44.7 Å². The lowest BCUT2D eigenvalue weighted by molar-refractivity contribution is 0.142. The number of hydrogen-bond acceptors (Lipinski definition) is 2. The van der Waals surface area contributed by atoms with Crippen LogP contribution in [0.2, 0.25) is 0 Å². The molecule has 0 unspecified atom stereocenters. The molecule has 0 spiro atoms. The number of likely N-dealkylation sites (tertiary alicyclic amines) is 1. The van der Waals surface area contributed by atoms with E-state index in [4.69, 9.17) is 5.53 Å². The standard InChI is InChI=1S/C10H11BrN4/c11-9-3-1-8(2-4-9)5-15-6-10(7-15)13-14-12/h1-4,10H,5-7H2.